The lowest BCUT2D eigenvalue weighted by molar-refractivity contribution is -0.0797. The molecule has 0 spiro atoms. The van der Waals surface area contributed by atoms with E-state index in [9.17, 15) is 8.42 Å². The number of nitrogens with one attached hydrogen (secondary N) is 4. The first-order valence-electron chi connectivity index (χ1n) is 49.9. The molecule has 0 bridgehead atoms. The summed E-state index contributed by atoms with van der Waals surface area (Å²) in [5.41, 5.74) is 0. The van der Waals surface area contributed by atoms with E-state index in [4.69, 9.17) is 28.4 Å². The fourth-order valence-electron chi connectivity index (χ4n) is 15.6. The van der Waals surface area contributed by atoms with Gasteiger partial charge < -0.3 is 69.3 Å². The van der Waals surface area contributed by atoms with E-state index in [-0.39, 0.29) is 0 Å². The van der Waals surface area contributed by atoms with E-state index in [2.05, 4.69) is 164 Å². The summed E-state index contributed by atoms with van der Waals surface area (Å²) in [6.45, 7) is 55.8. The van der Waals surface area contributed by atoms with Crippen molar-refractivity contribution in [2.45, 2.75) is 371 Å². The zero-order valence-electron chi connectivity index (χ0n) is 80.5. The molecular formula is C98H204N8O8S2. The van der Waals surface area contributed by atoms with E-state index < -0.39 is 9.84 Å². The van der Waals surface area contributed by atoms with Crippen molar-refractivity contribution in [3.8, 4) is 0 Å². The maximum Gasteiger partial charge on any atom is 0.150 e. The summed E-state index contributed by atoms with van der Waals surface area (Å²) < 4.78 is 52.5. The summed E-state index contributed by atoms with van der Waals surface area (Å²) in [5.74, 6) is 12.2. The standard InChI is InChI=1S/C7H15N.3C7H14.2C6H13N.C6H12O2S.C6H12O.C6H12S.C5H12N2.C5H11NO.2C5H11N.C5H10O2.2C5H10O.C5H10/c1-8-6-4-2-3-5-7-8;3*1-7-5-3-2-4-6-7;1-6-2-4-7-5-3-6;1-7-5-3-2-4-6-7;1-6-2-4-9(7,8)5-3-6;1-6-4-2-3-5-7-6;1-6-2-4-7-5-3-6;1-7-4-2-6-3-5-7;1-5-4-6-2-3-7-5;1-5-2-3-6-4-5;1-6-4-2-3-5-6;1-5-4-6-2-3-7-5;1-5-2-3-6-4-5;1-5-3-2-4-6-5;1-5-3-2-4-5/h2-7H2,1H3;3*7H,2-6H2,1H3;6-7H,2-5H2,1H3;2-6H2,1H3;6H,2-5H2,1H3;3*6H,2-5H2,1H3;5-6H,2-4H2,1H3;5-6H,2-4H2,1H3;2-5H2,1H3;5H,2-4H2,1H3;2*5H,2-4H2,1H3;5H,2-4H2,1H3/t;;;;;;;6-;;;2*5-;;3*5-;/m.......0..00.000./s1. The number of thioether (sulfide) groups is 1. The van der Waals surface area contributed by atoms with Crippen LogP contribution < -0.4 is 21.3 Å². The van der Waals surface area contributed by atoms with Crippen molar-refractivity contribution in [1.82, 2.24) is 40.9 Å². The molecule has 17 aliphatic rings. The fraction of sp³-hybridized carbons (Fsp3) is 1.00. The van der Waals surface area contributed by atoms with Crippen LogP contribution >= 0.6 is 11.8 Å². The number of likely N-dealkylation sites (tertiary alicyclic amines) is 3. The lowest BCUT2D eigenvalue weighted by atomic mass is 9.88. The first-order chi connectivity index (χ1) is 55.9. The summed E-state index contributed by atoms with van der Waals surface area (Å²) >= 11 is 2.10. The Morgan fingerprint density at radius 1 is 0.250 bits per heavy atom. The van der Waals surface area contributed by atoms with Gasteiger partial charge in [-0.2, -0.15) is 11.8 Å². The number of likely N-dealkylation sites (N-methyl/N-ethyl adjacent to an activating group) is 1. The summed E-state index contributed by atoms with van der Waals surface area (Å²) in [6, 6.07) is 0. The maximum absolute atomic E-state index is 10.8. The van der Waals surface area contributed by atoms with Gasteiger partial charge in [0.25, 0.3) is 0 Å². The van der Waals surface area contributed by atoms with Crippen molar-refractivity contribution >= 4 is 21.6 Å². The van der Waals surface area contributed by atoms with E-state index in [0.29, 0.717) is 41.8 Å². The molecule has 4 saturated carbocycles. The van der Waals surface area contributed by atoms with Crippen LogP contribution in [0.2, 0.25) is 0 Å². The second-order valence-electron chi connectivity index (χ2n) is 38.7. The third-order valence-corrected chi connectivity index (χ3v) is 28.0. The summed E-state index contributed by atoms with van der Waals surface area (Å²) in [5, 5.41) is 13.1. The molecule has 0 amide bonds. The zero-order chi connectivity index (χ0) is 85.2. The molecule has 13 heterocycles. The maximum atomic E-state index is 10.8. The van der Waals surface area contributed by atoms with Gasteiger partial charge in [-0.15, -0.1) is 0 Å². The van der Waals surface area contributed by atoms with Gasteiger partial charge in [-0.3, -0.25) is 0 Å². The predicted octanol–water partition coefficient (Wildman–Crippen LogP) is 21.2. The molecule has 0 aromatic carbocycles. The van der Waals surface area contributed by atoms with Crippen LogP contribution in [0.4, 0.5) is 0 Å². The number of hydrogen-bond acceptors (Lipinski definition) is 17. The van der Waals surface area contributed by atoms with E-state index >= 15 is 0 Å². The number of piperidine rings is 2. The summed E-state index contributed by atoms with van der Waals surface area (Å²) in [6.07, 6.45) is 57.9. The number of morpholine rings is 1. The first-order valence-corrected chi connectivity index (χ1v) is 52.9. The lowest BCUT2D eigenvalue weighted by Crippen LogP contribution is -2.40. The normalized spacial score (nSPS) is 28.4. The Kier molecular flexibility index (Phi) is 79.0. The molecule has 13 saturated heterocycles. The molecule has 13 aliphatic heterocycles. The Hall–Kier alpha value is -0.260. The highest BCUT2D eigenvalue weighted by molar-refractivity contribution is 7.99. The molecule has 116 heavy (non-hydrogen) atoms. The van der Waals surface area contributed by atoms with Crippen molar-refractivity contribution in [2.24, 2.45) is 53.3 Å². The Bertz CT molecular complexity index is 1720. The van der Waals surface area contributed by atoms with Crippen LogP contribution in [0.1, 0.15) is 347 Å². The quantitative estimate of drug-likeness (QED) is 0.182. The number of rotatable bonds is 0. The van der Waals surface area contributed by atoms with Crippen LogP contribution in [0, 0.1) is 53.3 Å². The van der Waals surface area contributed by atoms with Crippen LogP contribution in [0.25, 0.3) is 0 Å². The molecule has 0 aromatic heterocycles. The Balaban J connectivity index is 0.000000617. The van der Waals surface area contributed by atoms with Crippen molar-refractivity contribution in [2.75, 3.05) is 209 Å². The Morgan fingerprint density at radius 2 is 0.603 bits per heavy atom. The van der Waals surface area contributed by atoms with Gasteiger partial charge in [-0.25, -0.2) is 8.42 Å². The molecule has 6 atom stereocenters. The van der Waals surface area contributed by atoms with E-state index in [1.165, 1.54) is 334 Å². The van der Waals surface area contributed by atoms with Gasteiger partial charge in [0.1, 0.15) is 9.84 Å². The number of ether oxygens (including phenoxy) is 6. The second kappa shape index (κ2) is 80.6. The highest BCUT2D eigenvalue weighted by Gasteiger charge is 2.21. The SMILES string of the molecule is CC1CCC1.CC1CCCCC1.CC1CCCCC1.CC1CCCCC1.CC1CCNCC1.CC1CCS(=O)(=O)CC1.CC1CCSCC1.CN1CCCC1.CN1CCCCC1.CN1CCCCCC1.CN1CCNCC1.C[C@H]1CCCCO1.C[C@H]1CCCO1.C[C@H]1CCNC1.C[C@H]1CCOC1.C[C@H]1CNCCO1.C[C@H]1COCCO1. The minimum Gasteiger partial charge on any atom is -0.381 e. The zero-order valence-corrected chi connectivity index (χ0v) is 82.1. The minimum absolute atomic E-state index is 0.314. The average molecular weight is 1690 g/mol. The second-order valence-corrected chi connectivity index (χ2v) is 42.2. The van der Waals surface area contributed by atoms with Crippen molar-refractivity contribution in [3.63, 3.8) is 0 Å². The van der Waals surface area contributed by atoms with Crippen LogP contribution in [0.3, 0.4) is 0 Å². The first kappa shape index (κ1) is 114. The molecule has 4 aliphatic carbocycles. The molecule has 18 heteroatoms. The number of sulfone groups is 1. The third-order valence-electron chi connectivity index (χ3n) is 25.3. The van der Waals surface area contributed by atoms with Crippen molar-refractivity contribution < 1.29 is 36.8 Å². The number of piperazine rings is 1. The topological polar surface area (TPSA) is 151 Å². The molecule has 0 unspecified atom stereocenters. The van der Waals surface area contributed by atoms with Crippen LogP contribution in [0.15, 0.2) is 0 Å². The smallest absolute Gasteiger partial charge is 0.150 e. The summed E-state index contributed by atoms with van der Waals surface area (Å²) in [4.78, 5) is 9.51. The van der Waals surface area contributed by atoms with Gasteiger partial charge >= 0.3 is 0 Å². The largest absolute Gasteiger partial charge is 0.381 e. The number of hydrogen-bond donors (Lipinski definition) is 4. The van der Waals surface area contributed by atoms with E-state index in [0.717, 1.165) is 139 Å². The van der Waals surface area contributed by atoms with Crippen LogP contribution in [0.5, 0.6) is 0 Å². The van der Waals surface area contributed by atoms with E-state index in [1.54, 1.807) is 0 Å². The van der Waals surface area contributed by atoms with Crippen molar-refractivity contribution in [3.05, 3.63) is 0 Å². The van der Waals surface area contributed by atoms with Crippen LogP contribution in [-0.2, 0) is 38.3 Å². The molecule has 0 aromatic rings. The van der Waals surface area contributed by atoms with Crippen LogP contribution in [-0.4, -0.2) is 261 Å². The molecule has 17 fully saturated rings. The van der Waals surface area contributed by atoms with E-state index in [1.807, 2.05) is 6.92 Å². The summed E-state index contributed by atoms with van der Waals surface area (Å²) in [7, 11) is 6.12. The Labute approximate surface area is 728 Å². The highest BCUT2D eigenvalue weighted by atomic mass is 32.2. The van der Waals surface area contributed by atoms with Gasteiger partial charge in [0, 0.05) is 65.7 Å². The highest BCUT2D eigenvalue weighted by Crippen LogP contribution is 2.26. The van der Waals surface area contributed by atoms with Gasteiger partial charge in [0.2, 0.25) is 0 Å². The molecule has 4 N–H and O–H groups in total. The van der Waals surface area contributed by atoms with Gasteiger partial charge in [-0.05, 0) is 308 Å². The number of nitrogens with zero attached hydrogens (tertiary/aromatic N) is 4. The molecule has 16 nitrogen and oxygen atoms in total. The third kappa shape index (κ3) is 79.6. The van der Waals surface area contributed by atoms with Gasteiger partial charge in [0.05, 0.1) is 62.3 Å². The molecule has 0 radical (unpaired) electrons. The average Bonchev–Trinajstić information content (AvgIpc) is 1.27. The Morgan fingerprint density at radius 3 is 0.819 bits per heavy atom. The monoisotopic (exact) mass is 1690 g/mol. The molecule has 17 rings (SSSR count). The lowest BCUT2D eigenvalue weighted by Gasteiger charge is -2.21. The van der Waals surface area contributed by atoms with Gasteiger partial charge in [-0.1, -0.05) is 197 Å². The van der Waals surface area contributed by atoms with Gasteiger partial charge in [0.15, 0.2) is 0 Å². The fourth-order valence-corrected chi connectivity index (χ4v) is 18.7. The van der Waals surface area contributed by atoms with Crippen molar-refractivity contribution in [1.29, 1.82) is 0 Å². The minimum atomic E-state index is -2.62. The molecule has 696 valence electrons. The predicted molar refractivity (Wildman–Crippen MR) is 508 cm³/mol. The molecular weight excluding hydrogens is 1480 g/mol.